The zero-order valence-corrected chi connectivity index (χ0v) is 17.4. The number of aryl methyl sites for hydroxylation is 1. The third kappa shape index (κ3) is 5.69. The molecule has 0 heterocycles. The van der Waals surface area contributed by atoms with Crippen molar-refractivity contribution >= 4 is 17.3 Å². The van der Waals surface area contributed by atoms with Crippen LogP contribution in [0.25, 0.3) is 0 Å². The average Bonchev–Trinajstić information content (AvgIpc) is 2.73. The predicted octanol–water partition coefficient (Wildman–Crippen LogP) is 3.40. The van der Waals surface area contributed by atoms with Gasteiger partial charge in [0.2, 0.25) is 0 Å². The summed E-state index contributed by atoms with van der Waals surface area (Å²) in [6.45, 7) is 5.81. The second-order valence-electron chi connectivity index (χ2n) is 6.21. The molecule has 0 unspecified atom stereocenters. The van der Waals surface area contributed by atoms with Gasteiger partial charge < -0.3 is 15.0 Å². The van der Waals surface area contributed by atoms with Crippen LogP contribution in [0.3, 0.4) is 0 Å². The second-order valence-corrected chi connectivity index (χ2v) is 6.21. The number of carbonyl (C=O) groups excluding carboxylic acids is 1. The van der Waals surface area contributed by atoms with Crippen molar-refractivity contribution in [1.29, 1.82) is 0 Å². The monoisotopic (exact) mass is 391 g/mol. The van der Waals surface area contributed by atoms with Gasteiger partial charge in [-0.1, -0.05) is 46.6 Å². The van der Waals surface area contributed by atoms with Gasteiger partial charge in [0.1, 0.15) is 13.7 Å². The summed E-state index contributed by atoms with van der Waals surface area (Å²) in [5, 5.41) is 10.7. The van der Waals surface area contributed by atoms with E-state index in [4.69, 9.17) is 9.68 Å². The fraction of sp³-hybridized carbons (Fsp3) is 0.261. The molecule has 2 rings (SSSR count). The van der Waals surface area contributed by atoms with E-state index < -0.39 is 0 Å². The molecule has 0 saturated heterocycles. The summed E-state index contributed by atoms with van der Waals surface area (Å²) < 4.78 is 0. The van der Waals surface area contributed by atoms with E-state index in [1.165, 1.54) is 7.11 Å². The van der Waals surface area contributed by atoms with Crippen molar-refractivity contribution in [2.45, 2.75) is 27.4 Å². The largest absolute Gasteiger partial charge is 0.398 e. The number of amides is 1. The third-order valence-electron chi connectivity index (χ3n) is 4.25. The van der Waals surface area contributed by atoms with Crippen LogP contribution in [0.2, 0.25) is 0 Å². The Balaban J connectivity index is 2.27. The van der Waals surface area contributed by atoms with Crippen molar-refractivity contribution in [3.63, 3.8) is 0 Å². The minimum Gasteiger partial charge on any atom is -0.398 e. The molecule has 2 aromatic carbocycles. The molecule has 0 aliphatic rings. The highest BCUT2D eigenvalue weighted by Crippen LogP contribution is 2.18. The molecule has 0 saturated carbocycles. The third-order valence-corrected chi connectivity index (χ3v) is 4.25. The lowest BCUT2D eigenvalue weighted by Gasteiger charge is -2.13. The molecule has 6 nitrogen and oxygen atoms in total. The first kappa shape index (κ1) is 21.7. The molecule has 0 aliphatic heterocycles. The Morgan fingerprint density at radius 2 is 1.93 bits per heavy atom. The van der Waals surface area contributed by atoms with E-state index in [9.17, 15) is 4.79 Å². The minimum atomic E-state index is -0.341. The fourth-order valence-corrected chi connectivity index (χ4v) is 2.75. The van der Waals surface area contributed by atoms with Crippen LogP contribution in [0, 0.1) is 18.8 Å². The molecule has 29 heavy (non-hydrogen) atoms. The van der Waals surface area contributed by atoms with Gasteiger partial charge in [-0.3, -0.25) is 4.79 Å². The summed E-state index contributed by atoms with van der Waals surface area (Å²) >= 11 is 0. The maximum Gasteiger partial charge on any atom is 0.273 e. The van der Waals surface area contributed by atoms with Crippen LogP contribution in [0.5, 0.6) is 0 Å². The molecule has 0 atom stereocenters. The molecular weight excluding hydrogens is 366 g/mol. The lowest BCUT2D eigenvalue weighted by molar-refractivity contribution is -0.114. The van der Waals surface area contributed by atoms with Crippen molar-refractivity contribution < 1.29 is 14.5 Å². The lowest BCUT2D eigenvalue weighted by atomic mass is 9.98. The Morgan fingerprint density at radius 3 is 2.62 bits per heavy atom. The molecule has 0 aliphatic carbocycles. The van der Waals surface area contributed by atoms with Crippen molar-refractivity contribution in [2.24, 2.45) is 10.3 Å². The Bertz CT molecular complexity index is 998. The molecule has 6 heteroatoms. The number of hydrogen-bond donors (Lipinski definition) is 1. The minimum absolute atomic E-state index is 0.184. The first-order chi connectivity index (χ1) is 14.0. The van der Waals surface area contributed by atoms with Crippen molar-refractivity contribution in [3.05, 3.63) is 70.3 Å². The first-order valence-electron chi connectivity index (χ1n) is 9.13. The topological polar surface area (TPSA) is 72.3 Å². The molecule has 0 fully saturated rings. The highest BCUT2D eigenvalue weighted by molar-refractivity contribution is 6.45. The smallest absolute Gasteiger partial charge is 0.273 e. The lowest BCUT2D eigenvalue weighted by Crippen LogP contribution is -2.29. The summed E-state index contributed by atoms with van der Waals surface area (Å²) in [4.78, 5) is 22.7. The highest BCUT2D eigenvalue weighted by Gasteiger charge is 2.19. The van der Waals surface area contributed by atoms with Gasteiger partial charge in [-0.05, 0) is 38.5 Å². The first-order valence-corrected chi connectivity index (χ1v) is 9.13. The highest BCUT2D eigenvalue weighted by atomic mass is 16.6. The molecule has 1 N–H and O–H groups in total. The van der Waals surface area contributed by atoms with E-state index in [0.29, 0.717) is 5.56 Å². The number of nitrogens with one attached hydrogen (secondary N) is 1. The van der Waals surface area contributed by atoms with E-state index in [2.05, 4.69) is 27.5 Å². The van der Waals surface area contributed by atoms with Crippen LogP contribution in [0.15, 0.2) is 52.8 Å². The standard InChI is InChI=1S/C23H25N3O3/c1-6-9-18-11-8-12-19(14-18)17(3)25-29-15-21-16(2)10-7-13-20(21)22(26-28-5)23(27)24-4/h7-8,10-14H,15H2,1-5H3,(H,24,27)/b25-17+,26-22+. The van der Waals surface area contributed by atoms with Crippen LogP contribution in [0.4, 0.5) is 0 Å². The van der Waals surface area contributed by atoms with Gasteiger partial charge in [0, 0.05) is 29.3 Å². The van der Waals surface area contributed by atoms with Crippen LogP contribution in [0.1, 0.15) is 41.7 Å². The van der Waals surface area contributed by atoms with Gasteiger partial charge in [-0.25, -0.2) is 0 Å². The Hall–Kier alpha value is -3.59. The van der Waals surface area contributed by atoms with Gasteiger partial charge >= 0.3 is 0 Å². The maximum atomic E-state index is 12.2. The average molecular weight is 391 g/mol. The molecule has 0 bridgehead atoms. The van der Waals surface area contributed by atoms with Gasteiger partial charge in [-0.15, -0.1) is 5.92 Å². The van der Waals surface area contributed by atoms with E-state index in [1.54, 1.807) is 14.0 Å². The number of hydrogen-bond acceptors (Lipinski definition) is 5. The number of rotatable bonds is 7. The van der Waals surface area contributed by atoms with Crippen molar-refractivity contribution in [3.8, 4) is 11.8 Å². The van der Waals surface area contributed by atoms with E-state index >= 15 is 0 Å². The molecule has 1 amide bonds. The summed E-state index contributed by atoms with van der Waals surface area (Å²) in [5.41, 5.74) is 5.19. The van der Waals surface area contributed by atoms with Gasteiger partial charge in [0.05, 0.1) is 5.71 Å². The zero-order valence-electron chi connectivity index (χ0n) is 17.4. The van der Waals surface area contributed by atoms with Crippen LogP contribution >= 0.6 is 0 Å². The summed E-state index contributed by atoms with van der Waals surface area (Å²) in [6, 6.07) is 13.4. The second kappa shape index (κ2) is 10.7. The van der Waals surface area contributed by atoms with Crippen LogP contribution < -0.4 is 5.32 Å². The van der Waals surface area contributed by atoms with E-state index in [-0.39, 0.29) is 18.2 Å². The van der Waals surface area contributed by atoms with E-state index in [0.717, 1.165) is 28.0 Å². The summed E-state index contributed by atoms with van der Waals surface area (Å²) in [7, 11) is 2.95. The van der Waals surface area contributed by atoms with Gasteiger partial charge in [0.25, 0.3) is 5.91 Å². The van der Waals surface area contributed by atoms with Gasteiger partial charge in [-0.2, -0.15) is 0 Å². The normalized spacial score (nSPS) is 11.3. The van der Waals surface area contributed by atoms with Crippen molar-refractivity contribution in [2.75, 3.05) is 14.2 Å². The number of carbonyl (C=O) groups is 1. The fourth-order valence-electron chi connectivity index (χ4n) is 2.75. The molecular formula is C23H25N3O3. The van der Waals surface area contributed by atoms with Gasteiger partial charge in [0.15, 0.2) is 5.71 Å². The Kier molecular flexibility index (Phi) is 7.99. The van der Waals surface area contributed by atoms with Crippen LogP contribution in [-0.4, -0.2) is 31.5 Å². The SMILES string of the molecule is CC#Cc1cccc(/C(C)=N/OCc2c(C)cccc2/C(=N\OC)C(=O)NC)c1. The maximum absolute atomic E-state index is 12.2. The molecule has 0 spiro atoms. The van der Waals surface area contributed by atoms with Crippen molar-refractivity contribution in [1.82, 2.24) is 5.32 Å². The summed E-state index contributed by atoms with van der Waals surface area (Å²) in [5.74, 6) is 5.58. The predicted molar refractivity (Wildman–Crippen MR) is 115 cm³/mol. The molecule has 0 radical (unpaired) electrons. The number of benzene rings is 2. The number of oxime groups is 2. The summed E-state index contributed by atoms with van der Waals surface area (Å²) in [6.07, 6.45) is 0. The quantitative estimate of drug-likeness (QED) is 0.447. The zero-order chi connectivity index (χ0) is 21.2. The molecule has 150 valence electrons. The number of nitrogens with zero attached hydrogens (tertiary/aromatic N) is 2. The number of likely N-dealkylation sites (N-methyl/N-ethyl adjacent to an activating group) is 1. The van der Waals surface area contributed by atoms with Crippen LogP contribution in [-0.2, 0) is 21.1 Å². The Labute approximate surface area is 171 Å². The molecule has 0 aromatic heterocycles. The Morgan fingerprint density at radius 1 is 1.17 bits per heavy atom. The van der Waals surface area contributed by atoms with E-state index in [1.807, 2.05) is 56.3 Å². The molecule has 2 aromatic rings.